The van der Waals surface area contributed by atoms with Gasteiger partial charge >= 0.3 is 0 Å². The number of amides is 1. The number of rotatable bonds is 8. The summed E-state index contributed by atoms with van der Waals surface area (Å²) in [5.41, 5.74) is 2.43. The van der Waals surface area contributed by atoms with Crippen molar-refractivity contribution in [3.63, 3.8) is 0 Å². The maximum Gasteiger partial charge on any atom is 0.267 e. The van der Waals surface area contributed by atoms with Crippen molar-refractivity contribution in [2.24, 2.45) is 0 Å². The number of benzene rings is 2. The van der Waals surface area contributed by atoms with Crippen molar-refractivity contribution >= 4 is 32.4 Å². The molecular formula is C20H21N3O5S2. The van der Waals surface area contributed by atoms with Gasteiger partial charge in [-0.3, -0.25) is 9.52 Å². The second-order valence-corrected chi connectivity index (χ2v) is 8.78. The van der Waals surface area contributed by atoms with Crippen LogP contribution in [0.2, 0.25) is 0 Å². The Morgan fingerprint density at radius 2 is 1.83 bits per heavy atom. The number of anilines is 1. The molecule has 2 N–H and O–H groups in total. The van der Waals surface area contributed by atoms with Gasteiger partial charge in [0.05, 0.1) is 19.9 Å². The van der Waals surface area contributed by atoms with E-state index in [0.717, 1.165) is 11.1 Å². The van der Waals surface area contributed by atoms with Crippen LogP contribution in [-0.2, 0) is 21.4 Å². The largest absolute Gasteiger partial charge is 0.497 e. The SMILES string of the molecule is COc1ccc(OC)c(S(=O)(=O)Nc2nc(-c3ccc(CNC(C)=O)cc3)cs2)c1. The van der Waals surface area contributed by atoms with Gasteiger partial charge in [-0.15, -0.1) is 11.3 Å². The van der Waals surface area contributed by atoms with E-state index in [-0.39, 0.29) is 21.7 Å². The van der Waals surface area contributed by atoms with Gasteiger partial charge in [0.25, 0.3) is 10.0 Å². The fraction of sp³-hybridized carbons (Fsp3) is 0.200. The van der Waals surface area contributed by atoms with Gasteiger partial charge in [0, 0.05) is 30.5 Å². The zero-order chi connectivity index (χ0) is 21.7. The molecule has 0 fully saturated rings. The molecule has 8 nitrogen and oxygen atoms in total. The molecule has 0 saturated heterocycles. The molecule has 0 bridgehead atoms. The number of carbonyl (C=O) groups excluding carboxylic acids is 1. The lowest BCUT2D eigenvalue weighted by molar-refractivity contribution is -0.119. The molecule has 30 heavy (non-hydrogen) atoms. The van der Waals surface area contributed by atoms with E-state index in [4.69, 9.17) is 9.47 Å². The molecule has 158 valence electrons. The van der Waals surface area contributed by atoms with E-state index in [9.17, 15) is 13.2 Å². The van der Waals surface area contributed by atoms with Crippen LogP contribution in [0, 0.1) is 0 Å². The Hall–Kier alpha value is -3.11. The fourth-order valence-corrected chi connectivity index (χ4v) is 4.79. The third-order valence-corrected chi connectivity index (χ3v) is 6.42. The highest BCUT2D eigenvalue weighted by Crippen LogP contribution is 2.31. The van der Waals surface area contributed by atoms with E-state index in [2.05, 4.69) is 15.0 Å². The lowest BCUT2D eigenvalue weighted by Crippen LogP contribution is -2.18. The molecule has 1 aromatic heterocycles. The van der Waals surface area contributed by atoms with Crippen molar-refractivity contribution in [2.45, 2.75) is 18.4 Å². The molecule has 1 amide bonds. The molecule has 3 aromatic rings. The molecule has 0 aliphatic carbocycles. The highest BCUT2D eigenvalue weighted by molar-refractivity contribution is 7.93. The summed E-state index contributed by atoms with van der Waals surface area (Å²) < 4.78 is 38.5. The topological polar surface area (TPSA) is 107 Å². The van der Waals surface area contributed by atoms with Gasteiger partial charge in [0.2, 0.25) is 5.91 Å². The predicted molar refractivity (Wildman–Crippen MR) is 115 cm³/mol. The summed E-state index contributed by atoms with van der Waals surface area (Å²) in [5, 5.41) is 4.74. The van der Waals surface area contributed by atoms with E-state index < -0.39 is 10.0 Å². The number of ether oxygens (including phenoxy) is 2. The third kappa shape index (κ3) is 5.08. The van der Waals surface area contributed by atoms with Crippen LogP contribution in [0.5, 0.6) is 11.5 Å². The van der Waals surface area contributed by atoms with Crippen molar-refractivity contribution in [1.29, 1.82) is 0 Å². The standard InChI is InChI=1S/C20H21N3O5S2/c1-13(24)21-11-14-4-6-15(7-5-14)17-12-29-20(22-17)23-30(25,26)19-10-16(27-2)8-9-18(19)28-3/h4-10,12H,11H2,1-3H3,(H,21,24)(H,22,23). The molecule has 0 aliphatic rings. The van der Waals surface area contributed by atoms with Crippen molar-refractivity contribution in [2.75, 3.05) is 18.9 Å². The number of carbonyl (C=O) groups is 1. The van der Waals surface area contributed by atoms with Gasteiger partial charge in [-0.1, -0.05) is 24.3 Å². The molecule has 3 rings (SSSR count). The lowest BCUT2D eigenvalue weighted by atomic mass is 10.1. The Kier molecular flexibility index (Phi) is 6.58. The first-order valence-corrected chi connectivity index (χ1v) is 11.2. The first kappa shape index (κ1) is 21.6. The highest BCUT2D eigenvalue weighted by atomic mass is 32.2. The normalized spacial score (nSPS) is 11.0. The number of thiazole rings is 1. The van der Waals surface area contributed by atoms with Crippen LogP contribution in [0.1, 0.15) is 12.5 Å². The van der Waals surface area contributed by atoms with E-state index in [1.54, 1.807) is 11.4 Å². The zero-order valence-electron chi connectivity index (χ0n) is 16.6. The summed E-state index contributed by atoms with van der Waals surface area (Å²) in [6.45, 7) is 1.91. The minimum atomic E-state index is -3.93. The Labute approximate surface area is 178 Å². The van der Waals surface area contributed by atoms with Crippen LogP contribution < -0.4 is 19.5 Å². The number of aromatic nitrogens is 1. The first-order chi connectivity index (χ1) is 14.3. The number of methoxy groups -OCH3 is 2. The number of hydrogen-bond donors (Lipinski definition) is 2. The second-order valence-electron chi connectivity index (χ2n) is 6.27. The fourth-order valence-electron chi connectivity index (χ4n) is 2.64. The molecule has 0 atom stereocenters. The van der Waals surface area contributed by atoms with Gasteiger partial charge in [-0.25, -0.2) is 13.4 Å². The maximum atomic E-state index is 12.9. The number of nitrogens with zero attached hydrogens (tertiary/aromatic N) is 1. The van der Waals surface area contributed by atoms with Crippen molar-refractivity contribution in [3.8, 4) is 22.8 Å². The van der Waals surface area contributed by atoms with E-state index in [1.165, 1.54) is 44.6 Å². The smallest absolute Gasteiger partial charge is 0.267 e. The average Bonchev–Trinajstić information content (AvgIpc) is 3.19. The predicted octanol–water partition coefficient (Wildman–Crippen LogP) is 3.26. The van der Waals surface area contributed by atoms with Crippen LogP contribution >= 0.6 is 11.3 Å². The van der Waals surface area contributed by atoms with Gasteiger partial charge in [0.15, 0.2) is 5.13 Å². The summed E-state index contributed by atoms with van der Waals surface area (Å²) in [6.07, 6.45) is 0. The quantitative estimate of drug-likeness (QED) is 0.549. The van der Waals surface area contributed by atoms with Crippen LogP contribution in [0.15, 0.2) is 52.7 Å². The van der Waals surface area contributed by atoms with Crippen LogP contribution in [0.4, 0.5) is 5.13 Å². The van der Waals surface area contributed by atoms with Crippen molar-refractivity contribution < 1.29 is 22.7 Å². The van der Waals surface area contributed by atoms with Crippen molar-refractivity contribution in [3.05, 3.63) is 53.4 Å². The van der Waals surface area contributed by atoms with Gasteiger partial charge in [0.1, 0.15) is 16.4 Å². The van der Waals surface area contributed by atoms with Gasteiger partial charge < -0.3 is 14.8 Å². The minimum Gasteiger partial charge on any atom is -0.497 e. The van der Waals surface area contributed by atoms with Crippen LogP contribution in [-0.4, -0.2) is 33.5 Å². The number of nitrogens with one attached hydrogen (secondary N) is 2. The summed E-state index contributed by atoms with van der Waals surface area (Å²) in [7, 11) is -1.07. The second kappa shape index (κ2) is 9.14. The minimum absolute atomic E-state index is 0.0385. The Bertz CT molecular complexity index is 1140. The summed E-state index contributed by atoms with van der Waals surface area (Å²) >= 11 is 1.18. The first-order valence-electron chi connectivity index (χ1n) is 8.86. The molecule has 0 aliphatic heterocycles. The van der Waals surface area contributed by atoms with E-state index >= 15 is 0 Å². The average molecular weight is 448 g/mol. The van der Waals surface area contributed by atoms with Crippen molar-refractivity contribution in [1.82, 2.24) is 10.3 Å². The monoisotopic (exact) mass is 447 g/mol. The van der Waals surface area contributed by atoms with Crippen LogP contribution in [0.25, 0.3) is 11.3 Å². The molecule has 0 unspecified atom stereocenters. The molecule has 0 radical (unpaired) electrons. The molecule has 1 heterocycles. The summed E-state index contributed by atoms with van der Waals surface area (Å²) in [6, 6.07) is 12.1. The lowest BCUT2D eigenvalue weighted by Gasteiger charge is -2.11. The number of sulfonamides is 1. The number of hydrogen-bond acceptors (Lipinski definition) is 7. The van der Waals surface area contributed by atoms with Gasteiger partial charge in [-0.2, -0.15) is 0 Å². The molecular weight excluding hydrogens is 426 g/mol. The highest BCUT2D eigenvalue weighted by Gasteiger charge is 2.22. The third-order valence-electron chi connectivity index (χ3n) is 4.18. The molecule has 2 aromatic carbocycles. The molecule has 10 heteroatoms. The van der Waals surface area contributed by atoms with Crippen LogP contribution in [0.3, 0.4) is 0 Å². The summed E-state index contributed by atoms with van der Waals surface area (Å²) in [5.74, 6) is 0.508. The molecule has 0 spiro atoms. The van der Waals surface area contributed by atoms with E-state index in [0.29, 0.717) is 18.0 Å². The Morgan fingerprint density at radius 3 is 2.47 bits per heavy atom. The van der Waals surface area contributed by atoms with E-state index in [1.807, 2.05) is 24.3 Å². The zero-order valence-corrected chi connectivity index (χ0v) is 18.3. The Morgan fingerprint density at radius 1 is 1.10 bits per heavy atom. The molecule has 0 saturated carbocycles. The van der Waals surface area contributed by atoms with Gasteiger partial charge in [-0.05, 0) is 17.7 Å². The Balaban J connectivity index is 1.79. The summed E-state index contributed by atoms with van der Waals surface area (Å²) in [4.78, 5) is 15.4. The maximum absolute atomic E-state index is 12.9.